The number of rotatable bonds is 7. The Morgan fingerprint density at radius 1 is 1.50 bits per heavy atom. The molecule has 6 nitrogen and oxygen atoms in total. The number of hydrogen-bond acceptors (Lipinski definition) is 4. The van der Waals surface area contributed by atoms with E-state index in [0.717, 1.165) is 18.2 Å². The van der Waals surface area contributed by atoms with Crippen LogP contribution in [0.2, 0.25) is 0 Å². The Balaban J connectivity index is 3.09. The Morgan fingerprint density at radius 2 is 2.15 bits per heavy atom. The van der Waals surface area contributed by atoms with Crippen LogP contribution in [0.15, 0.2) is 23.1 Å². The smallest absolute Gasteiger partial charge is 0.338 e. The van der Waals surface area contributed by atoms with E-state index in [1.54, 1.807) is 6.92 Å². The Kier molecular flexibility index (Phi) is 5.61. The number of carbonyl (C=O) groups is 1. The van der Waals surface area contributed by atoms with Crippen LogP contribution in [0.5, 0.6) is 0 Å². The zero-order chi connectivity index (χ0) is 15.3. The standard InChI is InChI=1S/C12H16FNO5S/c1-3-8(7-19-2)14-20(17,18)9-4-5-11(13)10(6-9)12(15)16/h4-6,8,14H,3,7H2,1-2H3,(H,15,16). The third kappa shape index (κ3) is 3.99. The predicted octanol–water partition coefficient (Wildman–Crippen LogP) is 1.23. The fraction of sp³-hybridized carbons (Fsp3) is 0.417. The summed E-state index contributed by atoms with van der Waals surface area (Å²) in [7, 11) is -2.48. The zero-order valence-electron chi connectivity index (χ0n) is 11.1. The highest BCUT2D eigenvalue weighted by Gasteiger charge is 2.21. The lowest BCUT2D eigenvalue weighted by atomic mass is 10.2. The average molecular weight is 305 g/mol. The summed E-state index contributed by atoms with van der Waals surface area (Å²) in [6.07, 6.45) is 0.500. The van der Waals surface area contributed by atoms with E-state index >= 15 is 0 Å². The molecular formula is C12H16FNO5S. The summed E-state index contributed by atoms with van der Waals surface area (Å²) in [6.45, 7) is 1.96. The number of halogens is 1. The summed E-state index contributed by atoms with van der Waals surface area (Å²) < 4.78 is 44.7. The molecule has 8 heteroatoms. The third-order valence-corrected chi connectivity index (χ3v) is 4.18. The third-order valence-electron chi connectivity index (χ3n) is 2.66. The minimum absolute atomic E-state index is 0.183. The highest BCUT2D eigenvalue weighted by Crippen LogP contribution is 2.16. The molecule has 0 aliphatic rings. The van der Waals surface area contributed by atoms with Gasteiger partial charge in [-0.3, -0.25) is 0 Å². The van der Waals surface area contributed by atoms with Gasteiger partial charge in [-0.15, -0.1) is 0 Å². The molecule has 0 saturated carbocycles. The first-order valence-corrected chi connectivity index (χ1v) is 7.34. The molecule has 0 heterocycles. The van der Waals surface area contributed by atoms with Crippen molar-refractivity contribution < 1.29 is 27.4 Å². The minimum Gasteiger partial charge on any atom is -0.478 e. The van der Waals surface area contributed by atoms with Crippen molar-refractivity contribution in [2.45, 2.75) is 24.3 Å². The van der Waals surface area contributed by atoms with Crippen LogP contribution in [-0.4, -0.2) is 39.3 Å². The van der Waals surface area contributed by atoms with Gasteiger partial charge in [0.1, 0.15) is 5.82 Å². The summed E-state index contributed by atoms with van der Waals surface area (Å²) in [5.41, 5.74) is -0.687. The van der Waals surface area contributed by atoms with E-state index in [-0.39, 0.29) is 11.5 Å². The van der Waals surface area contributed by atoms with Crippen LogP contribution in [0.25, 0.3) is 0 Å². The van der Waals surface area contributed by atoms with Gasteiger partial charge in [0, 0.05) is 13.2 Å². The van der Waals surface area contributed by atoms with Gasteiger partial charge in [-0.25, -0.2) is 22.3 Å². The quantitative estimate of drug-likeness (QED) is 0.790. The summed E-state index contributed by atoms with van der Waals surface area (Å²) in [4.78, 5) is 10.5. The first kappa shape index (κ1) is 16.5. The summed E-state index contributed by atoms with van der Waals surface area (Å²) in [5.74, 6) is -2.51. The van der Waals surface area contributed by atoms with Crippen LogP contribution in [-0.2, 0) is 14.8 Å². The number of aromatic carboxylic acids is 1. The fourth-order valence-electron chi connectivity index (χ4n) is 1.56. The van der Waals surface area contributed by atoms with Crippen molar-refractivity contribution in [2.75, 3.05) is 13.7 Å². The number of hydrogen-bond donors (Lipinski definition) is 2. The number of benzene rings is 1. The van der Waals surface area contributed by atoms with Gasteiger partial charge >= 0.3 is 5.97 Å². The molecule has 1 atom stereocenters. The maximum atomic E-state index is 13.2. The maximum Gasteiger partial charge on any atom is 0.338 e. The molecule has 1 aromatic rings. The largest absolute Gasteiger partial charge is 0.478 e. The molecule has 1 unspecified atom stereocenters. The van der Waals surface area contributed by atoms with Crippen molar-refractivity contribution in [1.29, 1.82) is 0 Å². The Morgan fingerprint density at radius 3 is 2.65 bits per heavy atom. The molecule has 1 aromatic carbocycles. The molecule has 2 N–H and O–H groups in total. The normalized spacial score (nSPS) is 13.2. The predicted molar refractivity (Wildman–Crippen MR) is 69.6 cm³/mol. The van der Waals surface area contributed by atoms with E-state index in [1.807, 2.05) is 0 Å². The van der Waals surface area contributed by atoms with Crippen LogP contribution >= 0.6 is 0 Å². The van der Waals surface area contributed by atoms with Crippen molar-refractivity contribution >= 4 is 16.0 Å². The zero-order valence-corrected chi connectivity index (χ0v) is 11.9. The second-order valence-corrected chi connectivity index (χ2v) is 5.84. The van der Waals surface area contributed by atoms with Gasteiger partial charge in [0.05, 0.1) is 17.1 Å². The average Bonchev–Trinajstić information content (AvgIpc) is 2.37. The monoisotopic (exact) mass is 305 g/mol. The lowest BCUT2D eigenvalue weighted by molar-refractivity contribution is 0.0691. The molecule has 0 saturated heterocycles. The Hall–Kier alpha value is -1.51. The van der Waals surface area contributed by atoms with Gasteiger partial charge in [0.25, 0.3) is 0 Å². The molecule has 0 spiro atoms. The SMILES string of the molecule is CCC(COC)NS(=O)(=O)c1ccc(F)c(C(=O)O)c1. The van der Waals surface area contributed by atoms with Crippen LogP contribution in [0.4, 0.5) is 4.39 Å². The lowest BCUT2D eigenvalue weighted by Gasteiger charge is -2.16. The van der Waals surface area contributed by atoms with Gasteiger partial charge < -0.3 is 9.84 Å². The van der Waals surface area contributed by atoms with E-state index in [2.05, 4.69) is 4.72 Å². The van der Waals surface area contributed by atoms with E-state index in [4.69, 9.17) is 9.84 Å². The van der Waals surface area contributed by atoms with Crippen LogP contribution in [0.3, 0.4) is 0 Å². The van der Waals surface area contributed by atoms with Crippen LogP contribution in [0, 0.1) is 5.82 Å². The second kappa shape index (κ2) is 6.78. The van der Waals surface area contributed by atoms with Crippen LogP contribution in [0.1, 0.15) is 23.7 Å². The first-order valence-electron chi connectivity index (χ1n) is 5.86. The molecule has 0 amide bonds. The van der Waals surface area contributed by atoms with Crippen LogP contribution < -0.4 is 4.72 Å². The number of methoxy groups -OCH3 is 1. The molecule has 0 aliphatic carbocycles. The molecule has 0 fully saturated rings. The van der Waals surface area contributed by atoms with Gasteiger partial charge in [-0.1, -0.05) is 6.92 Å². The highest BCUT2D eigenvalue weighted by molar-refractivity contribution is 7.89. The van der Waals surface area contributed by atoms with Gasteiger partial charge in [-0.05, 0) is 24.6 Å². The van der Waals surface area contributed by atoms with Gasteiger partial charge in [0.15, 0.2) is 0 Å². The minimum atomic E-state index is -3.93. The number of sulfonamides is 1. The van der Waals surface area contributed by atoms with Crippen molar-refractivity contribution in [3.63, 3.8) is 0 Å². The number of carboxylic acids is 1. The molecule has 0 bridgehead atoms. The van der Waals surface area contributed by atoms with Gasteiger partial charge in [-0.2, -0.15) is 0 Å². The molecular weight excluding hydrogens is 289 g/mol. The summed E-state index contributed by atoms with van der Waals surface area (Å²) >= 11 is 0. The Labute approximate surface area is 116 Å². The van der Waals surface area contributed by atoms with E-state index < -0.39 is 33.4 Å². The Bertz CT molecular complexity index is 588. The van der Waals surface area contributed by atoms with Gasteiger partial charge in [0.2, 0.25) is 10.0 Å². The van der Waals surface area contributed by atoms with E-state index in [9.17, 15) is 17.6 Å². The van der Waals surface area contributed by atoms with Crippen molar-refractivity contribution in [1.82, 2.24) is 4.72 Å². The molecule has 0 aliphatic heterocycles. The second-order valence-electron chi connectivity index (χ2n) is 4.13. The highest BCUT2D eigenvalue weighted by atomic mass is 32.2. The molecule has 20 heavy (non-hydrogen) atoms. The first-order chi connectivity index (χ1) is 9.31. The number of nitrogens with one attached hydrogen (secondary N) is 1. The summed E-state index contributed by atoms with van der Waals surface area (Å²) in [5, 5.41) is 8.79. The fourth-order valence-corrected chi connectivity index (χ4v) is 2.89. The number of carboxylic acid groups (broad SMARTS) is 1. The van der Waals surface area contributed by atoms with Crippen molar-refractivity contribution in [2.24, 2.45) is 0 Å². The molecule has 1 rings (SSSR count). The van der Waals surface area contributed by atoms with Crippen molar-refractivity contribution in [3.8, 4) is 0 Å². The van der Waals surface area contributed by atoms with E-state index in [0.29, 0.717) is 6.42 Å². The number of ether oxygens (including phenoxy) is 1. The molecule has 112 valence electrons. The topological polar surface area (TPSA) is 92.7 Å². The lowest BCUT2D eigenvalue weighted by Crippen LogP contribution is -2.37. The molecule has 0 aromatic heterocycles. The van der Waals surface area contributed by atoms with E-state index in [1.165, 1.54) is 7.11 Å². The van der Waals surface area contributed by atoms with Crippen molar-refractivity contribution in [3.05, 3.63) is 29.6 Å². The maximum absolute atomic E-state index is 13.2. The molecule has 0 radical (unpaired) electrons. The summed E-state index contributed by atoms with van der Waals surface area (Å²) in [6, 6.07) is 2.18.